The molecule has 0 N–H and O–H groups in total. The van der Waals surface area contributed by atoms with E-state index in [2.05, 4.69) is 26.0 Å². The van der Waals surface area contributed by atoms with Crippen LogP contribution in [0.4, 0.5) is 0 Å². The lowest BCUT2D eigenvalue weighted by atomic mass is 10.3. The Balaban J connectivity index is 1.99. The van der Waals surface area contributed by atoms with Gasteiger partial charge in [-0.2, -0.15) is 9.40 Å². The van der Waals surface area contributed by atoms with E-state index in [-0.39, 0.29) is 5.03 Å². The highest BCUT2D eigenvalue weighted by Gasteiger charge is 2.32. The van der Waals surface area contributed by atoms with Gasteiger partial charge in [0.05, 0.1) is 24.5 Å². The summed E-state index contributed by atoms with van der Waals surface area (Å²) in [5, 5.41) is 4.26. The fourth-order valence-corrected chi connectivity index (χ4v) is 4.40. The van der Waals surface area contributed by atoms with E-state index in [0.29, 0.717) is 30.1 Å². The van der Waals surface area contributed by atoms with Gasteiger partial charge < -0.3 is 4.57 Å². The third-order valence-electron chi connectivity index (χ3n) is 3.57. The van der Waals surface area contributed by atoms with E-state index in [0.717, 1.165) is 5.69 Å². The van der Waals surface area contributed by atoms with Crippen LogP contribution in [0.5, 0.6) is 0 Å². The molecule has 0 spiro atoms. The van der Waals surface area contributed by atoms with E-state index in [4.69, 9.17) is 0 Å². The van der Waals surface area contributed by atoms with Crippen molar-refractivity contribution >= 4 is 26.0 Å². The minimum atomic E-state index is -3.58. The fourth-order valence-electron chi connectivity index (χ4n) is 2.26. The summed E-state index contributed by atoms with van der Waals surface area (Å²) in [4.78, 5) is 4.13. The number of rotatable bonds is 2. The minimum absolute atomic E-state index is 0.111. The molecule has 9 heteroatoms. The highest BCUT2D eigenvalue weighted by atomic mass is 79.9. The molecule has 3 heterocycles. The quantitative estimate of drug-likeness (QED) is 0.798. The standard InChI is InChI=1S/C11H14BrN5O2S/c1-8-10(14-11(12)15(8)2)20(18,19)16-5-6-17-9(7-16)3-4-13-17/h3-4H,5-7H2,1-2H3. The van der Waals surface area contributed by atoms with Crippen LogP contribution in [-0.4, -0.2) is 38.6 Å². The van der Waals surface area contributed by atoms with Gasteiger partial charge in [0, 0.05) is 19.8 Å². The predicted molar refractivity (Wildman–Crippen MR) is 75.5 cm³/mol. The Hall–Kier alpha value is -1.19. The average Bonchev–Trinajstić information content (AvgIpc) is 2.98. The number of nitrogens with zero attached hydrogens (tertiary/aromatic N) is 5. The van der Waals surface area contributed by atoms with Gasteiger partial charge in [0.1, 0.15) is 0 Å². The lowest BCUT2D eigenvalue weighted by Gasteiger charge is -2.26. The number of hydrogen-bond acceptors (Lipinski definition) is 4. The molecular weight excluding hydrogens is 346 g/mol. The second-order valence-electron chi connectivity index (χ2n) is 4.71. The molecule has 3 rings (SSSR count). The maximum atomic E-state index is 12.7. The Morgan fingerprint density at radius 2 is 2.10 bits per heavy atom. The van der Waals surface area contributed by atoms with Crippen LogP contribution in [0.15, 0.2) is 22.0 Å². The Morgan fingerprint density at radius 1 is 1.35 bits per heavy atom. The molecule has 0 amide bonds. The summed E-state index contributed by atoms with van der Waals surface area (Å²) in [7, 11) is -1.81. The molecule has 2 aromatic heterocycles. The van der Waals surface area contributed by atoms with Crippen LogP contribution in [0.25, 0.3) is 0 Å². The molecule has 0 unspecified atom stereocenters. The molecule has 0 saturated carbocycles. The van der Waals surface area contributed by atoms with E-state index < -0.39 is 10.0 Å². The van der Waals surface area contributed by atoms with Gasteiger partial charge in [-0.3, -0.25) is 4.68 Å². The van der Waals surface area contributed by atoms with Crippen LogP contribution in [-0.2, 0) is 30.2 Å². The lowest BCUT2D eigenvalue weighted by molar-refractivity contribution is 0.325. The molecule has 0 radical (unpaired) electrons. The van der Waals surface area contributed by atoms with Crippen LogP contribution >= 0.6 is 15.9 Å². The van der Waals surface area contributed by atoms with Gasteiger partial charge in [-0.15, -0.1) is 0 Å². The molecule has 0 saturated heterocycles. The summed E-state index contributed by atoms with van der Waals surface area (Å²) >= 11 is 3.26. The first kappa shape index (κ1) is 13.8. The Kier molecular flexibility index (Phi) is 3.22. The van der Waals surface area contributed by atoms with Crippen molar-refractivity contribution < 1.29 is 8.42 Å². The highest BCUT2D eigenvalue weighted by Crippen LogP contribution is 2.25. The van der Waals surface area contributed by atoms with Crippen LogP contribution in [0.2, 0.25) is 0 Å². The molecule has 20 heavy (non-hydrogen) atoms. The zero-order valence-corrected chi connectivity index (χ0v) is 13.5. The van der Waals surface area contributed by atoms with E-state index in [1.54, 1.807) is 24.7 Å². The van der Waals surface area contributed by atoms with Crippen LogP contribution in [0.3, 0.4) is 0 Å². The van der Waals surface area contributed by atoms with Crippen molar-refractivity contribution in [2.24, 2.45) is 7.05 Å². The number of halogens is 1. The first-order chi connectivity index (χ1) is 9.41. The summed E-state index contributed by atoms with van der Waals surface area (Å²) in [5.74, 6) is 0. The Bertz CT molecular complexity index is 764. The predicted octanol–water partition coefficient (Wildman–Crippen LogP) is 0.892. The second kappa shape index (κ2) is 4.68. The van der Waals surface area contributed by atoms with Crippen LogP contribution in [0, 0.1) is 6.92 Å². The monoisotopic (exact) mass is 359 g/mol. The van der Waals surface area contributed by atoms with Crippen molar-refractivity contribution in [3.05, 3.63) is 28.4 Å². The number of fused-ring (bicyclic) bond motifs is 1. The minimum Gasteiger partial charge on any atom is -0.325 e. The Morgan fingerprint density at radius 3 is 2.75 bits per heavy atom. The van der Waals surface area contributed by atoms with Crippen molar-refractivity contribution in [2.75, 3.05) is 6.54 Å². The third-order valence-corrected chi connectivity index (χ3v) is 6.15. The molecule has 7 nitrogen and oxygen atoms in total. The van der Waals surface area contributed by atoms with Gasteiger partial charge in [0.2, 0.25) is 0 Å². The van der Waals surface area contributed by atoms with Crippen molar-refractivity contribution in [1.82, 2.24) is 23.6 Å². The van der Waals surface area contributed by atoms with Gasteiger partial charge >= 0.3 is 0 Å². The smallest absolute Gasteiger partial charge is 0.262 e. The van der Waals surface area contributed by atoms with Gasteiger partial charge in [0.25, 0.3) is 10.0 Å². The lowest BCUT2D eigenvalue weighted by Crippen LogP contribution is -2.38. The zero-order valence-electron chi connectivity index (χ0n) is 11.1. The van der Waals surface area contributed by atoms with E-state index in [9.17, 15) is 8.42 Å². The largest absolute Gasteiger partial charge is 0.325 e. The molecule has 0 atom stereocenters. The van der Waals surface area contributed by atoms with Crippen LogP contribution in [0.1, 0.15) is 11.4 Å². The molecule has 108 valence electrons. The normalized spacial score (nSPS) is 16.4. The van der Waals surface area contributed by atoms with Gasteiger partial charge in [-0.25, -0.2) is 13.4 Å². The number of hydrogen-bond donors (Lipinski definition) is 0. The van der Waals surface area contributed by atoms with Gasteiger partial charge in [-0.1, -0.05) is 0 Å². The maximum Gasteiger partial charge on any atom is 0.262 e. The van der Waals surface area contributed by atoms with Gasteiger partial charge in [0.15, 0.2) is 9.76 Å². The van der Waals surface area contributed by atoms with Crippen molar-refractivity contribution in [3.8, 4) is 0 Å². The summed E-state index contributed by atoms with van der Waals surface area (Å²) in [6.07, 6.45) is 1.69. The SMILES string of the molecule is Cc1c(S(=O)(=O)N2CCn3nccc3C2)nc(Br)n1C. The fraction of sp³-hybridized carbons (Fsp3) is 0.455. The van der Waals surface area contributed by atoms with Crippen molar-refractivity contribution in [1.29, 1.82) is 0 Å². The first-order valence-corrected chi connectivity index (χ1v) is 8.34. The number of sulfonamides is 1. The maximum absolute atomic E-state index is 12.7. The molecule has 2 aromatic rings. The zero-order chi connectivity index (χ0) is 14.5. The molecule has 0 aromatic carbocycles. The van der Waals surface area contributed by atoms with E-state index in [1.807, 2.05) is 10.7 Å². The molecular formula is C11H14BrN5O2S. The highest BCUT2D eigenvalue weighted by molar-refractivity contribution is 9.10. The first-order valence-electron chi connectivity index (χ1n) is 6.11. The summed E-state index contributed by atoms with van der Waals surface area (Å²) in [6.45, 7) is 3.05. The second-order valence-corrected chi connectivity index (χ2v) is 7.28. The van der Waals surface area contributed by atoms with Crippen molar-refractivity contribution in [3.63, 3.8) is 0 Å². The van der Waals surface area contributed by atoms with Crippen LogP contribution < -0.4 is 0 Å². The topological polar surface area (TPSA) is 73.0 Å². The van der Waals surface area contributed by atoms with E-state index in [1.165, 1.54) is 4.31 Å². The van der Waals surface area contributed by atoms with E-state index >= 15 is 0 Å². The molecule has 0 aliphatic carbocycles. The average molecular weight is 360 g/mol. The third kappa shape index (κ3) is 2.00. The number of aromatic nitrogens is 4. The summed E-state index contributed by atoms with van der Waals surface area (Å²) in [6, 6.07) is 1.84. The summed E-state index contributed by atoms with van der Waals surface area (Å²) in [5.41, 5.74) is 1.52. The molecule has 0 bridgehead atoms. The molecule has 1 aliphatic rings. The molecule has 1 aliphatic heterocycles. The summed E-state index contributed by atoms with van der Waals surface area (Å²) < 4.78 is 30.9. The van der Waals surface area contributed by atoms with Crippen molar-refractivity contribution in [2.45, 2.75) is 25.0 Å². The number of imidazole rings is 1. The Labute approximate surface area is 125 Å². The van der Waals surface area contributed by atoms with Gasteiger partial charge in [-0.05, 0) is 28.9 Å². The molecule has 0 fully saturated rings.